The number of nitrogens with zero attached hydrogens (tertiary/aromatic N) is 2. The third-order valence-electron chi connectivity index (χ3n) is 5.59. The minimum absolute atomic E-state index is 0.239. The molecule has 33 heavy (non-hydrogen) atoms. The molecule has 0 radical (unpaired) electrons. The third-order valence-corrected chi connectivity index (χ3v) is 5.59. The number of carbonyl (C=O) groups is 1. The number of nitrogens with two attached hydrogens (primary N) is 1. The molecule has 2 heterocycles. The van der Waals surface area contributed by atoms with Crippen LogP contribution in [0.2, 0.25) is 0 Å². The van der Waals surface area contributed by atoms with Crippen molar-refractivity contribution in [2.45, 2.75) is 13.0 Å². The summed E-state index contributed by atoms with van der Waals surface area (Å²) in [7, 11) is 3.29. The highest BCUT2D eigenvalue weighted by Gasteiger charge is 2.22. The molecule has 3 N–H and O–H groups in total. The van der Waals surface area contributed by atoms with Crippen LogP contribution in [0.15, 0.2) is 45.6 Å². The Labute approximate surface area is 190 Å². The number of benzene rings is 2. The van der Waals surface area contributed by atoms with Crippen LogP contribution in [0.3, 0.4) is 0 Å². The number of rotatable bonds is 5. The average Bonchev–Trinajstić information content (AvgIpc) is 2.77. The average molecular weight is 455 g/mol. The number of nitrogens with one attached hydrogen (secondary N) is 1. The van der Waals surface area contributed by atoms with Gasteiger partial charge in [0.2, 0.25) is 0 Å². The molecule has 0 saturated carbocycles. The molecule has 4 rings (SSSR count). The van der Waals surface area contributed by atoms with Crippen molar-refractivity contribution < 1.29 is 18.3 Å². The number of morpholine rings is 1. The Hall–Kier alpha value is -3.59. The van der Waals surface area contributed by atoms with Crippen LogP contribution >= 0.6 is 0 Å². The van der Waals surface area contributed by atoms with E-state index in [-0.39, 0.29) is 17.0 Å². The Kier molecular flexibility index (Phi) is 6.24. The summed E-state index contributed by atoms with van der Waals surface area (Å²) >= 11 is 0. The standard InChI is InChI=1S/C24H27FN4O4/c1-14(27-18-11-16(25)10-17(26)12-18)19-8-15(24(31)28(2)3)9-20-21(30)13-22(33-23(19)20)29-4-6-32-7-5-29/h8-14,27H,4-7,26H2,1-3H3. The fourth-order valence-corrected chi connectivity index (χ4v) is 3.94. The van der Waals surface area contributed by atoms with E-state index in [1.807, 2.05) is 11.8 Å². The van der Waals surface area contributed by atoms with Crippen molar-refractivity contribution >= 4 is 34.1 Å². The van der Waals surface area contributed by atoms with E-state index in [1.165, 1.54) is 23.1 Å². The van der Waals surface area contributed by atoms with Crippen molar-refractivity contribution in [2.24, 2.45) is 0 Å². The molecule has 0 bridgehead atoms. The van der Waals surface area contributed by atoms with E-state index in [0.29, 0.717) is 60.0 Å². The normalized spacial score (nSPS) is 14.8. The predicted molar refractivity (Wildman–Crippen MR) is 126 cm³/mol. The van der Waals surface area contributed by atoms with Gasteiger partial charge in [0, 0.05) is 55.8 Å². The maximum atomic E-state index is 13.9. The molecule has 1 amide bonds. The van der Waals surface area contributed by atoms with Gasteiger partial charge in [-0.3, -0.25) is 9.59 Å². The maximum Gasteiger partial charge on any atom is 0.253 e. The van der Waals surface area contributed by atoms with Gasteiger partial charge in [0.15, 0.2) is 11.3 Å². The first kappa shape index (κ1) is 22.6. The van der Waals surface area contributed by atoms with Gasteiger partial charge in [-0.1, -0.05) is 0 Å². The molecule has 1 aliphatic heterocycles. The number of amides is 1. The molecule has 8 nitrogen and oxygen atoms in total. The Morgan fingerprint density at radius 2 is 1.88 bits per heavy atom. The van der Waals surface area contributed by atoms with E-state index in [9.17, 15) is 14.0 Å². The number of anilines is 3. The lowest BCUT2D eigenvalue weighted by molar-refractivity contribution is 0.0827. The topological polar surface area (TPSA) is 101 Å². The lowest BCUT2D eigenvalue weighted by Gasteiger charge is -2.27. The van der Waals surface area contributed by atoms with E-state index in [1.54, 1.807) is 32.3 Å². The number of ether oxygens (including phenoxy) is 1. The smallest absolute Gasteiger partial charge is 0.253 e. The van der Waals surface area contributed by atoms with Crippen LogP contribution < -0.4 is 21.4 Å². The van der Waals surface area contributed by atoms with Crippen LogP contribution in [0.25, 0.3) is 11.0 Å². The first-order valence-corrected chi connectivity index (χ1v) is 10.7. The minimum atomic E-state index is -0.466. The van der Waals surface area contributed by atoms with Gasteiger partial charge < -0.3 is 30.0 Å². The van der Waals surface area contributed by atoms with E-state index < -0.39 is 11.9 Å². The molecule has 9 heteroatoms. The van der Waals surface area contributed by atoms with Crippen molar-refractivity contribution in [3.05, 3.63) is 63.6 Å². The number of hydrogen-bond donors (Lipinski definition) is 2. The van der Waals surface area contributed by atoms with Crippen molar-refractivity contribution in [3.8, 4) is 0 Å². The Bertz CT molecular complexity index is 1230. The van der Waals surface area contributed by atoms with Crippen LogP contribution in [0.1, 0.15) is 28.9 Å². The number of carbonyl (C=O) groups excluding carboxylic acids is 1. The Morgan fingerprint density at radius 1 is 1.15 bits per heavy atom. The molecule has 174 valence electrons. The highest BCUT2D eigenvalue weighted by atomic mass is 19.1. The SMILES string of the molecule is CC(Nc1cc(N)cc(F)c1)c1cc(C(=O)N(C)C)cc2c(=O)cc(N3CCOCC3)oc12. The summed E-state index contributed by atoms with van der Waals surface area (Å²) in [6.07, 6.45) is 0. The first-order chi connectivity index (χ1) is 15.7. The summed E-state index contributed by atoms with van der Waals surface area (Å²) in [5.41, 5.74) is 7.64. The number of fused-ring (bicyclic) bond motifs is 1. The second kappa shape index (κ2) is 9.11. The zero-order chi connectivity index (χ0) is 23.7. The molecule has 3 aromatic rings. The largest absolute Gasteiger partial charge is 0.440 e. The third kappa shape index (κ3) is 4.78. The Balaban J connectivity index is 1.85. The predicted octanol–water partition coefficient (Wildman–Crippen LogP) is 3.23. The van der Waals surface area contributed by atoms with E-state index in [2.05, 4.69) is 5.32 Å². The van der Waals surface area contributed by atoms with Gasteiger partial charge in [-0.05, 0) is 37.3 Å². The van der Waals surface area contributed by atoms with E-state index in [4.69, 9.17) is 14.9 Å². The van der Waals surface area contributed by atoms with Crippen LogP contribution in [0.5, 0.6) is 0 Å². The first-order valence-electron chi connectivity index (χ1n) is 10.7. The second-order valence-corrected chi connectivity index (χ2v) is 8.33. The molecule has 0 spiro atoms. The van der Waals surface area contributed by atoms with Crippen molar-refractivity contribution in [2.75, 3.05) is 56.3 Å². The fraction of sp³-hybridized carbons (Fsp3) is 0.333. The summed E-state index contributed by atoms with van der Waals surface area (Å²) in [6.45, 7) is 4.16. The summed E-state index contributed by atoms with van der Waals surface area (Å²) in [5.74, 6) is -0.254. The molecule has 1 unspecified atom stereocenters. The molecular formula is C24H27FN4O4. The molecule has 0 aliphatic carbocycles. The van der Waals surface area contributed by atoms with Gasteiger partial charge in [0.1, 0.15) is 11.4 Å². The molecule has 1 aromatic heterocycles. The van der Waals surface area contributed by atoms with Gasteiger partial charge >= 0.3 is 0 Å². The van der Waals surface area contributed by atoms with Crippen LogP contribution in [0, 0.1) is 5.82 Å². The summed E-state index contributed by atoms with van der Waals surface area (Å²) in [5, 5.41) is 3.51. The van der Waals surface area contributed by atoms with Crippen LogP contribution in [0.4, 0.5) is 21.6 Å². The number of halogens is 1. The van der Waals surface area contributed by atoms with Gasteiger partial charge in [0.05, 0.1) is 24.6 Å². The number of hydrogen-bond acceptors (Lipinski definition) is 7. The van der Waals surface area contributed by atoms with Gasteiger partial charge in [-0.15, -0.1) is 0 Å². The highest BCUT2D eigenvalue weighted by molar-refractivity contribution is 5.98. The van der Waals surface area contributed by atoms with E-state index >= 15 is 0 Å². The molecule has 1 fully saturated rings. The quantitative estimate of drug-likeness (QED) is 0.571. The van der Waals surface area contributed by atoms with E-state index in [0.717, 1.165) is 0 Å². The maximum absolute atomic E-state index is 13.9. The zero-order valence-corrected chi connectivity index (χ0v) is 18.9. The van der Waals surface area contributed by atoms with Crippen molar-refractivity contribution in [3.63, 3.8) is 0 Å². The summed E-state index contributed by atoms with van der Waals surface area (Å²) in [6, 6.07) is 8.47. The zero-order valence-electron chi connectivity index (χ0n) is 18.9. The summed E-state index contributed by atoms with van der Waals surface area (Å²) < 4.78 is 25.5. The summed E-state index contributed by atoms with van der Waals surface area (Å²) in [4.78, 5) is 29.2. The highest BCUT2D eigenvalue weighted by Crippen LogP contribution is 2.31. The number of nitrogen functional groups attached to an aromatic ring is 1. The van der Waals surface area contributed by atoms with Gasteiger partial charge in [0.25, 0.3) is 5.91 Å². The van der Waals surface area contributed by atoms with Crippen LogP contribution in [-0.4, -0.2) is 51.2 Å². The molecule has 1 atom stereocenters. The van der Waals surface area contributed by atoms with Gasteiger partial charge in [-0.25, -0.2) is 4.39 Å². The lowest BCUT2D eigenvalue weighted by Crippen LogP contribution is -2.36. The molecule has 1 saturated heterocycles. The molecule has 2 aromatic carbocycles. The van der Waals surface area contributed by atoms with Crippen molar-refractivity contribution in [1.29, 1.82) is 0 Å². The molecular weight excluding hydrogens is 427 g/mol. The molecule has 1 aliphatic rings. The Morgan fingerprint density at radius 3 is 2.55 bits per heavy atom. The van der Waals surface area contributed by atoms with Gasteiger partial charge in [-0.2, -0.15) is 0 Å². The van der Waals surface area contributed by atoms with Crippen molar-refractivity contribution in [1.82, 2.24) is 4.90 Å². The fourth-order valence-electron chi connectivity index (χ4n) is 3.94. The second-order valence-electron chi connectivity index (χ2n) is 8.33. The monoisotopic (exact) mass is 454 g/mol. The lowest BCUT2D eigenvalue weighted by atomic mass is 9.99. The minimum Gasteiger partial charge on any atom is -0.440 e. The van der Waals surface area contributed by atoms with Crippen LogP contribution in [-0.2, 0) is 4.74 Å².